The van der Waals surface area contributed by atoms with Crippen LogP contribution in [-0.4, -0.2) is 13.7 Å². The Morgan fingerprint density at radius 1 is 0.931 bits per heavy atom. The van der Waals surface area contributed by atoms with Crippen molar-refractivity contribution in [2.45, 2.75) is 20.1 Å². The van der Waals surface area contributed by atoms with Crippen LogP contribution in [0.1, 0.15) is 18.1 Å². The summed E-state index contributed by atoms with van der Waals surface area (Å²) in [6, 6.07) is 17.6. The summed E-state index contributed by atoms with van der Waals surface area (Å²) in [6.07, 6.45) is 0. The van der Waals surface area contributed by atoms with Gasteiger partial charge >= 0.3 is 0 Å². The number of rotatable bonds is 9. The summed E-state index contributed by atoms with van der Waals surface area (Å²) in [5.41, 5.74) is 2.76. The second-order valence-corrected chi connectivity index (χ2v) is 6.74. The molecule has 0 unspecified atom stereocenters. The molecule has 3 rings (SSSR count). The van der Waals surface area contributed by atoms with Gasteiger partial charge in [0.1, 0.15) is 18.2 Å². The Morgan fingerprint density at radius 3 is 2.31 bits per heavy atom. The Kier molecular flexibility index (Phi) is 7.19. The number of halogens is 2. The van der Waals surface area contributed by atoms with Crippen molar-refractivity contribution < 1.29 is 18.6 Å². The number of hydrogen-bond acceptors (Lipinski definition) is 4. The number of ether oxygens (including phenoxy) is 3. The molecule has 0 aromatic heterocycles. The van der Waals surface area contributed by atoms with Crippen molar-refractivity contribution in [2.24, 2.45) is 0 Å². The molecule has 4 nitrogen and oxygen atoms in total. The number of anilines is 1. The number of hydrogen-bond donors (Lipinski definition) is 1. The highest BCUT2D eigenvalue weighted by Gasteiger charge is 2.12. The molecule has 3 aromatic carbocycles. The van der Waals surface area contributed by atoms with E-state index < -0.39 is 0 Å². The third-order valence-electron chi connectivity index (χ3n) is 4.25. The molecule has 0 saturated carbocycles. The maximum atomic E-state index is 13.0. The van der Waals surface area contributed by atoms with Gasteiger partial charge in [-0.05, 0) is 66.6 Å². The van der Waals surface area contributed by atoms with Crippen LogP contribution in [0.2, 0.25) is 5.02 Å². The standard InChI is InChI=1S/C23H23ClFNO3/c1-3-28-20-10-8-19(9-11-20)26-14-17-12-21(24)23(22(13-17)27-2)29-15-16-4-6-18(25)7-5-16/h4-13,26H,3,14-15H2,1-2H3. The Bertz CT molecular complexity index is 930. The van der Waals surface area contributed by atoms with Crippen LogP contribution in [0, 0.1) is 5.82 Å². The zero-order valence-electron chi connectivity index (χ0n) is 16.4. The molecule has 0 radical (unpaired) electrons. The van der Waals surface area contributed by atoms with E-state index in [1.165, 1.54) is 12.1 Å². The lowest BCUT2D eigenvalue weighted by atomic mass is 10.2. The summed E-state index contributed by atoms with van der Waals surface area (Å²) in [7, 11) is 1.57. The molecule has 29 heavy (non-hydrogen) atoms. The van der Waals surface area contributed by atoms with E-state index in [-0.39, 0.29) is 12.4 Å². The maximum Gasteiger partial charge on any atom is 0.180 e. The minimum atomic E-state index is -0.284. The number of methoxy groups -OCH3 is 1. The zero-order valence-corrected chi connectivity index (χ0v) is 17.1. The zero-order chi connectivity index (χ0) is 20.6. The molecule has 0 amide bonds. The van der Waals surface area contributed by atoms with Crippen molar-refractivity contribution >= 4 is 17.3 Å². The number of nitrogens with one attached hydrogen (secondary N) is 1. The van der Waals surface area contributed by atoms with Gasteiger partial charge in [0.2, 0.25) is 0 Å². The SMILES string of the molecule is CCOc1ccc(NCc2cc(Cl)c(OCc3ccc(F)cc3)c(OC)c2)cc1. The second kappa shape index (κ2) is 10.0. The normalized spacial score (nSPS) is 10.5. The van der Waals surface area contributed by atoms with E-state index in [0.29, 0.717) is 29.7 Å². The maximum absolute atomic E-state index is 13.0. The monoisotopic (exact) mass is 415 g/mol. The average molecular weight is 416 g/mol. The molecule has 0 aliphatic heterocycles. The van der Waals surface area contributed by atoms with Crippen LogP contribution in [0.15, 0.2) is 60.7 Å². The minimum Gasteiger partial charge on any atom is -0.494 e. The van der Waals surface area contributed by atoms with E-state index in [1.54, 1.807) is 19.2 Å². The van der Waals surface area contributed by atoms with E-state index in [1.807, 2.05) is 43.3 Å². The van der Waals surface area contributed by atoms with E-state index in [2.05, 4.69) is 5.32 Å². The molecule has 1 N–H and O–H groups in total. The van der Waals surface area contributed by atoms with Gasteiger partial charge in [-0.15, -0.1) is 0 Å². The van der Waals surface area contributed by atoms with Crippen LogP contribution in [0.4, 0.5) is 10.1 Å². The summed E-state index contributed by atoms with van der Waals surface area (Å²) >= 11 is 6.43. The summed E-state index contributed by atoms with van der Waals surface area (Å²) < 4.78 is 29.8. The highest BCUT2D eigenvalue weighted by molar-refractivity contribution is 6.32. The van der Waals surface area contributed by atoms with Gasteiger partial charge in [0.15, 0.2) is 11.5 Å². The van der Waals surface area contributed by atoms with Gasteiger partial charge < -0.3 is 19.5 Å². The van der Waals surface area contributed by atoms with E-state index in [9.17, 15) is 4.39 Å². The molecule has 0 aliphatic carbocycles. The van der Waals surface area contributed by atoms with Crippen molar-refractivity contribution in [3.8, 4) is 17.2 Å². The molecule has 0 heterocycles. The van der Waals surface area contributed by atoms with Crippen LogP contribution >= 0.6 is 11.6 Å². The predicted molar refractivity (Wildman–Crippen MR) is 114 cm³/mol. The predicted octanol–water partition coefficient (Wildman–Crippen LogP) is 6.08. The fraction of sp³-hybridized carbons (Fsp3) is 0.217. The molecule has 0 atom stereocenters. The molecule has 0 aliphatic rings. The van der Waals surface area contributed by atoms with Crippen LogP contribution < -0.4 is 19.5 Å². The Labute approximate surface area is 175 Å². The second-order valence-electron chi connectivity index (χ2n) is 6.34. The van der Waals surface area contributed by atoms with Crippen molar-refractivity contribution in [3.63, 3.8) is 0 Å². The fourth-order valence-corrected chi connectivity index (χ4v) is 3.08. The van der Waals surface area contributed by atoms with Gasteiger partial charge in [-0.3, -0.25) is 0 Å². The van der Waals surface area contributed by atoms with Crippen molar-refractivity contribution in [1.82, 2.24) is 0 Å². The number of benzene rings is 3. The van der Waals surface area contributed by atoms with Gasteiger partial charge in [-0.1, -0.05) is 23.7 Å². The third kappa shape index (κ3) is 5.78. The first-order valence-corrected chi connectivity index (χ1v) is 9.67. The van der Waals surface area contributed by atoms with Gasteiger partial charge in [0.25, 0.3) is 0 Å². The topological polar surface area (TPSA) is 39.7 Å². The first-order chi connectivity index (χ1) is 14.1. The molecular formula is C23H23ClFNO3. The first-order valence-electron chi connectivity index (χ1n) is 9.29. The Morgan fingerprint density at radius 2 is 1.66 bits per heavy atom. The van der Waals surface area contributed by atoms with Crippen LogP contribution in [0.5, 0.6) is 17.2 Å². The quantitative estimate of drug-likeness (QED) is 0.460. The lowest BCUT2D eigenvalue weighted by Crippen LogP contribution is -2.03. The minimum absolute atomic E-state index is 0.264. The smallest absolute Gasteiger partial charge is 0.180 e. The van der Waals surface area contributed by atoms with Gasteiger partial charge in [-0.25, -0.2) is 4.39 Å². The third-order valence-corrected chi connectivity index (χ3v) is 4.53. The van der Waals surface area contributed by atoms with Gasteiger partial charge in [-0.2, -0.15) is 0 Å². The highest BCUT2D eigenvalue weighted by atomic mass is 35.5. The molecule has 3 aromatic rings. The van der Waals surface area contributed by atoms with Crippen molar-refractivity contribution in [1.29, 1.82) is 0 Å². The Hall–Kier alpha value is -2.92. The molecule has 6 heteroatoms. The summed E-state index contributed by atoms with van der Waals surface area (Å²) in [5, 5.41) is 3.80. The largest absolute Gasteiger partial charge is 0.494 e. The lowest BCUT2D eigenvalue weighted by molar-refractivity contribution is 0.284. The highest BCUT2D eigenvalue weighted by Crippen LogP contribution is 2.37. The first kappa shape index (κ1) is 20.8. The summed E-state index contributed by atoms with van der Waals surface area (Å²) in [5.74, 6) is 1.56. The van der Waals surface area contributed by atoms with Crippen molar-refractivity contribution in [2.75, 3.05) is 19.0 Å². The molecule has 152 valence electrons. The van der Waals surface area contributed by atoms with Crippen molar-refractivity contribution in [3.05, 3.63) is 82.6 Å². The van der Waals surface area contributed by atoms with Gasteiger partial charge in [0, 0.05) is 12.2 Å². The lowest BCUT2D eigenvalue weighted by Gasteiger charge is -2.15. The van der Waals surface area contributed by atoms with Crippen LogP contribution in [0.25, 0.3) is 0 Å². The van der Waals surface area contributed by atoms with E-state index in [4.69, 9.17) is 25.8 Å². The Balaban J connectivity index is 1.66. The van der Waals surface area contributed by atoms with Crippen LogP contribution in [-0.2, 0) is 13.2 Å². The molecule has 0 fully saturated rings. The molecule has 0 spiro atoms. The van der Waals surface area contributed by atoms with Gasteiger partial charge in [0.05, 0.1) is 18.7 Å². The summed E-state index contributed by atoms with van der Waals surface area (Å²) in [4.78, 5) is 0. The molecule has 0 saturated heterocycles. The molecule has 0 bridgehead atoms. The van der Waals surface area contributed by atoms with E-state index in [0.717, 1.165) is 22.6 Å². The van der Waals surface area contributed by atoms with E-state index >= 15 is 0 Å². The van der Waals surface area contributed by atoms with Crippen LogP contribution in [0.3, 0.4) is 0 Å². The molecular weight excluding hydrogens is 393 g/mol. The fourth-order valence-electron chi connectivity index (χ4n) is 2.79. The average Bonchev–Trinajstić information content (AvgIpc) is 2.73. The summed E-state index contributed by atoms with van der Waals surface area (Å²) in [6.45, 7) is 3.43.